The second-order valence-electron chi connectivity index (χ2n) is 8.47. The summed E-state index contributed by atoms with van der Waals surface area (Å²) in [5, 5.41) is 18.4. The lowest BCUT2D eigenvalue weighted by Crippen LogP contribution is -2.32. The average molecular weight is 438 g/mol. The summed E-state index contributed by atoms with van der Waals surface area (Å²) in [4.78, 5) is 24.9. The number of pyridine rings is 1. The van der Waals surface area contributed by atoms with Gasteiger partial charge < -0.3 is 23.9 Å². The third kappa shape index (κ3) is 3.79. The van der Waals surface area contributed by atoms with Gasteiger partial charge in [0.1, 0.15) is 17.4 Å². The molecule has 8 heteroatoms. The van der Waals surface area contributed by atoms with Crippen LogP contribution in [0.4, 0.5) is 0 Å². The molecule has 1 saturated carbocycles. The van der Waals surface area contributed by atoms with E-state index in [0.29, 0.717) is 53.5 Å². The van der Waals surface area contributed by atoms with Crippen LogP contribution in [0, 0.1) is 17.2 Å². The summed E-state index contributed by atoms with van der Waals surface area (Å²) in [7, 11) is 1.53. The molecule has 1 fully saturated rings. The van der Waals surface area contributed by atoms with E-state index < -0.39 is 17.6 Å². The molecule has 0 amide bonds. The Morgan fingerprint density at radius 1 is 1.31 bits per heavy atom. The molecule has 0 saturated heterocycles. The zero-order valence-electron chi connectivity index (χ0n) is 18.4. The molecule has 1 N–H and O–H groups in total. The fraction of sp³-hybridized carbons (Fsp3) is 0.458. The first-order chi connectivity index (χ1) is 15.4. The van der Waals surface area contributed by atoms with Crippen molar-refractivity contribution in [3.63, 3.8) is 0 Å². The summed E-state index contributed by atoms with van der Waals surface area (Å²) < 4.78 is 19.3. The number of unbranched alkanes of at least 4 members (excludes halogenated alkanes) is 1. The number of aromatic nitrogens is 1. The van der Waals surface area contributed by atoms with Crippen molar-refractivity contribution in [2.75, 3.05) is 13.7 Å². The van der Waals surface area contributed by atoms with Gasteiger partial charge in [-0.2, -0.15) is 5.26 Å². The number of hydrogen-bond acceptors (Lipinski definition) is 6. The van der Waals surface area contributed by atoms with Gasteiger partial charge in [-0.05, 0) is 37.3 Å². The molecule has 8 nitrogen and oxygen atoms in total. The fourth-order valence-corrected chi connectivity index (χ4v) is 4.12. The van der Waals surface area contributed by atoms with Crippen molar-refractivity contribution in [2.24, 2.45) is 5.92 Å². The lowest BCUT2D eigenvalue weighted by atomic mass is 9.89. The maximum Gasteiger partial charge on any atom is 0.341 e. The molecule has 1 aliphatic heterocycles. The summed E-state index contributed by atoms with van der Waals surface area (Å²) >= 11 is 0. The molecule has 0 bridgehead atoms. The first-order valence-electron chi connectivity index (χ1n) is 10.8. The minimum atomic E-state index is -1.24. The molecule has 2 aromatic rings. The van der Waals surface area contributed by atoms with Gasteiger partial charge in [-0.15, -0.1) is 0 Å². The SMILES string of the molecule is COc1cc2c(cc1OCCCC#N)OC(C(C)C)c1cc(C(=O)O)c(=O)n(C3CC3)c1-2. The van der Waals surface area contributed by atoms with E-state index in [2.05, 4.69) is 6.07 Å². The number of ether oxygens (including phenoxy) is 3. The Bertz CT molecular complexity index is 1160. The minimum Gasteiger partial charge on any atom is -0.493 e. The summed E-state index contributed by atoms with van der Waals surface area (Å²) in [6.45, 7) is 4.35. The third-order valence-electron chi connectivity index (χ3n) is 5.78. The predicted molar refractivity (Wildman–Crippen MR) is 116 cm³/mol. The first-order valence-corrected chi connectivity index (χ1v) is 10.8. The van der Waals surface area contributed by atoms with Crippen molar-refractivity contribution in [2.45, 2.75) is 51.7 Å². The molecule has 1 aromatic carbocycles. The molecule has 0 radical (unpaired) electrons. The van der Waals surface area contributed by atoms with Gasteiger partial charge >= 0.3 is 5.97 Å². The van der Waals surface area contributed by atoms with Gasteiger partial charge in [0, 0.05) is 29.7 Å². The highest BCUT2D eigenvalue weighted by atomic mass is 16.5. The van der Waals surface area contributed by atoms with Crippen LogP contribution in [0.1, 0.15) is 67.6 Å². The first kappa shape index (κ1) is 21.8. The van der Waals surface area contributed by atoms with Crippen LogP contribution in [-0.4, -0.2) is 29.4 Å². The van der Waals surface area contributed by atoms with Gasteiger partial charge in [-0.3, -0.25) is 4.79 Å². The number of rotatable bonds is 8. The Hall–Kier alpha value is -3.47. The highest BCUT2D eigenvalue weighted by molar-refractivity contribution is 5.89. The smallest absolute Gasteiger partial charge is 0.341 e. The average Bonchev–Trinajstić information content (AvgIpc) is 3.59. The van der Waals surface area contributed by atoms with Crippen molar-refractivity contribution in [3.8, 4) is 34.6 Å². The van der Waals surface area contributed by atoms with Crippen molar-refractivity contribution < 1.29 is 24.1 Å². The number of nitrogens with zero attached hydrogens (tertiary/aromatic N) is 2. The minimum absolute atomic E-state index is 0.0257. The van der Waals surface area contributed by atoms with Gasteiger partial charge in [0.25, 0.3) is 5.56 Å². The second-order valence-corrected chi connectivity index (χ2v) is 8.47. The van der Waals surface area contributed by atoms with Crippen LogP contribution < -0.4 is 19.8 Å². The van der Waals surface area contributed by atoms with E-state index in [1.54, 1.807) is 16.7 Å². The van der Waals surface area contributed by atoms with Crippen molar-refractivity contribution in [1.29, 1.82) is 5.26 Å². The van der Waals surface area contributed by atoms with E-state index in [4.69, 9.17) is 19.5 Å². The van der Waals surface area contributed by atoms with Gasteiger partial charge in [0.05, 0.1) is 25.5 Å². The Balaban J connectivity index is 1.91. The summed E-state index contributed by atoms with van der Waals surface area (Å²) in [5.41, 5.74) is 1.33. The molecule has 168 valence electrons. The summed E-state index contributed by atoms with van der Waals surface area (Å²) in [5.74, 6) is 0.340. The Morgan fingerprint density at radius 3 is 2.66 bits per heavy atom. The highest BCUT2D eigenvalue weighted by Gasteiger charge is 2.38. The number of aromatic carboxylic acids is 1. The van der Waals surface area contributed by atoms with Crippen LogP contribution in [0.3, 0.4) is 0 Å². The number of carboxylic acids is 1. The van der Waals surface area contributed by atoms with E-state index >= 15 is 0 Å². The predicted octanol–water partition coefficient (Wildman–Crippen LogP) is 4.33. The van der Waals surface area contributed by atoms with Gasteiger partial charge in [0.15, 0.2) is 11.5 Å². The van der Waals surface area contributed by atoms with Crippen LogP contribution in [0.15, 0.2) is 23.0 Å². The van der Waals surface area contributed by atoms with Crippen molar-refractivity contribution in [3.05, 3.63) is 39.7 Å². The standard InChI is InChI=1S/C24H26N2O6/c1-13(2)22-16-10-17(24(28)29)23(27)26(14-6-7-14)21(16)15-11-19(30-3)20(12-18(15)32-22)31-9-5-4-8-25/h10-14,22H,4-7,9H2,1-3H3,(H,28,29). The zero-order valence-corrected chi connectivity index (χ0v) is 18.4. The molecule has 2 heterocycles. The molecular formula is C24H26N2O6. The Kier molecular flexibility index (Phi) is 5.83. The van der Waals surface area contributed by atoms with Crippen LogP contribution >= 0.6 is 0 Å². The number of fused-ring (bicyclic) bond motifs is 3. The van der Waals surface area contributed by atoms with Crippen molar-refractivity contribution in [1.82, 2.24) is 4.57 Å². The molecule has 1 aliphatic carbocycles. The zero-order chi connectivity index (χ0) is 23.0. The van der Waals surface area contributed by atoms with E-state index in [1.165, 1.54) is 13.2 Å². The molecule has 4 rings (SSSR count). The number of hydrogen-bond donors (Lipinski definition) is 1. The van der Waals surface area contributed by atoms with Crippen LogP contribution in [0.5, 0.6) is 17.2 Å². The number of benzene rings is 1. The molecule has 1 unspecified atom stereocenters. The molecule has 1 atom stereocenters. The van der Waals surface area contributed by atoms with Crippen LogP contribution in [0.25, 0.3) is 11.3 Å². The maximum atomic E-state index is 13.1. The highest BCUT2D eigenvalue weighted by Crippen LogP contribution is 2.51. The quantitative estimate of drug-likeness (QED) is 0.611. The van der Waals surface area contributed by atoms with E-state index in [-0.39, 0.29) is 17.5 Å². The normalized spacial score (nSPS) is 16.5. The number of nitriles is 1. The Labute approximate surface area is 186 Å². The largest absolute Gasteiger partial charge is 0.493 e. The molecule has 2 aliphatic rings. The molecule has 1 aromatic heterocycles. The topological polar surface area (TPSA) is 111 Å². The number of carboxylic acid groups (broad SMARTS) is 1. The van der Waals surface area contributed by atoms with Crippen LogP contribution in [-0.2, 0) is 0 Å². The monoisotopic (exact) mass is 438 g/mol. The molecular weight excluding hydrogens is 412 g/mol. The van der Waals surface area contributed by atoms with Crippen LogP contribution in [0.2, 0.25) is 0 Å². The fourth-order valence-electron chi connectivity index (χ4n) is 4.12. The van der Waals surface area contributed by atoms with Gasteiger partial charge in [-0.1, -0.05) is 13.8 Å². The third-order valence-corrected chi connectivity index (χ3v) is 5.78. The molecule has 32 heavy (non-hydrogen) atoms. The summed E-state index contributed by atoms with van der Waals surface area (Å²) in [6.07, 6.45) is 2.23. The van der Waals surface area contributed by atoms with E-state index in [9.17, 15) is 14.7 Å². The number of methoxy groups -OCH3 is 1. The lowest BCUT2D eigenvalue weighted by Gasteiger charge is -2.33. The van der Waals surface area contributed by atoms with Gasteiger partial charge in [-0.25, -0.2) is 4.79 Å². The second kappa shape index (κ2) is 8.58. The molecule has 0 spiro atoms. The summed E-state index contributed by atoms with van der Waals surface area (Å²) in [6, 6.07) is 7.07. The number of carbonyl (C=O) groups is 1. The van der Waals surface area contributed by atoms with Crippen molar-refractivity contribution >= 4 is 5.97 Å². The maximum absolute atomic E-state index is 13.1. The van der Waals surface area contributed by atoms with E-state index in [1.807, 2.05) is 13.8 Å². The Morgan fingerprint density at radius 2 is 2.06 bits per heavy atom. The van der Waals surface area contributed by atoms with Gasteiger partial charge in [0.2, 0.25) is 0 Å². The lowest BCUT2D eigenvalue weighted by molar-refractivity contribution is 0.0693. The van der Waals surface area contributed by atoms with E-state index in [0.717, 1.165) is 12.8 Å².